The van der Waals surface area contributed by atoms with Gasteiger partial charge in [-0.3, -0.25) is 4.99 Å². The highest BCUT2D eigenvalue weighted by Gasteiger charge is 2.19. The summed E-state index contributed by atoms with van der Waals surface area (Å²) in [5, 5.41) is 3.26. The van der Waals surface area contributed by atoms with E-state index in [1.165, 1.54) is 11.9 Å². The second-order valence-electron chi connectivity index (χ2n) is 6.13. The van der Waals surface area contributed by atoms with Crippen molar-refractivity contribution in [3.8, 4) is 5.75 Å². The average Bonchev–Trinajstić information content (AvgIpc) is 2.61. The molecule has 0 saturated carbocycles. The van der Waals surface area contributed by atoms with Gasteiger partial charge in [0.05, 0.1) is 12.9 Å². The number of methoxy groups -OCH3 is 1. The molecule has 8 heteroatoms. The molecule has 140 valence electrons. The summed E-state index contributed by atoms with van der Waals surface area (Å²) in [7, 11) is 0.522. The van der Waals surface area contributed by atoms with Crippen LogP contribution in [0, 0.1) is 0 Å². The quantitative estimate of drug-likeness (QED) is 0.455. The number of nitrogens with zero attached hydrogens (tertiary/aromatic N) is 3. The monoisotopic (exact) mass is 368 g/mol. The van der Waals surface area contributed by atoms with E-state index in [4.69, 9.17) is 4.74 Å². The standard InChI is InChI=1S/C17H28N4O3S/c1-18-17(19-9-4-14-25(3,22)23)21-12-10-20(11-13-21)15-5-7-16(24-2)8-6-15/h5-8H,4,9-14H2,1-3H3,(H,18,19). The predicted molar refractivity (Wildman–Crippen MR) is 102 cm³/mol. The number of hydrogen-bond donors (Lipinski definition) is 1. The third-order valence-electron chi connectivity index (χ3n) is 4.20. The van der Waals surface area contributed by atoms with Gasteiger partial charge in [-0.15, -0.1) is 0 Å². The molecule has 1 aromatic carbocycles. The van der Waals surface area contributed by atoms with Crippen LogP contribution in [0.4, 0.5) is 5.69 Å². The Balaban J connectivity index is 1.80. The number of guanidine groups is 1. The highest BCUT2D eigenvalue weighted by atomic mass is 32.2. The minimum atomic E-state index is -2.91. The number of aliphatic imine (C=N–C) groups is 1. The van der Waals surface area contributed by atoms with Gasteiger partial charge in [0.15, 0.2) is 5.96 Å². The lowest BCUT2D eigenvalue weighted by molar-refractivity contribution is 0.372. The first kappa shape index (κ1) is 19.4. The summed E-state index contributed by atoms with van der Waals surface area (Å²) >= 11 is 0. The molecule has 0 radical (unpaired) electrons. The van der Waals surface area contributed by atoms with Gasteiger partial charge < -0.3 is 19.9 Å². The number of piperazine rings is 1. The summed E-state index contributed by atoms with van der Waals surface area (Å²) in [5.74, 6) is 1.89. The summed E-state index contributed by atoms with van der Waals surface area (Å²) in [6, 6.07) is 8.10. The molecule has 1 aliphatic rings. The third kappa shape index (κ3) is 6.12. The van der Waals surface area contributed by atoms with Crippen LogP contribution < -0.4 is 15.0 Å². The Hall–Kier alpha value is -1.96. The van der Waals surface area contributed by atoms with Crippen molar-refractivity contribution in [2.45, 2.75) is 6.42 Å². The van der Waals surface area contributed by atoms with Gasteiger partial charge >= 0.3 is 0 Å². The number of sulfone groups is 1. The molecule has 1 aromatic rings. The van der Waals surface area contributed by atoms with E-state index in [0.29, 0.717) is 13.0 Å². The molecule has 1 aliphatic heterocycles. The normalized spacial score (nSPS) is 16.0. The Kier molecular flexibility index (Phi) is 6.92. The first-order chi connectivity index (χ1) is 11.9. The van der Waals surface area contributed by atoms with Gasteiger partial charge in [0.25, 0.3) is 0 Å². The van der Waals surface area contributed by atoms with Crippen molar-refractivity contribution in [1.82, 2.24) is 10.2 Å². The third-order valence-corrected chi connectivity index (χ3v) is 5.23. The van der Waals surface area contributed by atoms with E-state index in [1.807, 2.05) is 12.1 Å². The second kappa shape index (κ2) is 8.94. The van der Waals surface area contributed by atoms with Crippen molar-refractivity contribution in [2.75, 3.05) is 63.8 Å². The van der Waals surface area contributed by atoms with E-state index in [-0.39, 0.29) is 5.75 Å². The molecule has 2 rings (SSSR count). The van der Waals surface area contributed by atoms with Crippen LogP contribution in [0.1, 0.15) is 6.42 Å². The van der Waals surface area contributed by atoms with Crippen LogP contribution in [0.15, 0.2) is 29.3 Å². The molecule has 0 amide bonds. The van der Waals surface area contributed by atoms with E-state index in [9.17, 15) is 8.42 Å². The molecule has 25 heavy (non-hydrogen) atoms. The Labute approximate surface area is 150 Å². The molecule has 0 spiro atoms. The Bertz CT molecular complexity index is 666. The number of rotatable bonds is 6. The van der Waals surface area contributed by atoms with Gasteiger partial charge in [-0.25, -0.2) is 8.42 Å². The molecule has 0 atom stereocenters. The van der Waals surface area contributed by atoms with Gasteiger partial charge in [0.2, 0.25) is 0 Å². The number of benzene rings is 1. The number of anilines is 1. The summed E-state index contributed by atoms with van der Waals surface area (Å²) in [6.45, 7) is 4.18. The van der Waals surface area contributed by atoms with Crippen LogP contribution >= 0.6 is 0 Å². The molecular formula is C17H28N4O3S. The van der Waals surface area contributed by atoms with E-state index >= 15 is 0 Å². The summed E-state index contributed by atoms with van der Waals surface area (Å²) in [6.07, 6.45) is 1.85. The zero-order chi connectivity index (χ0) is 18.3. The van der Waals surface area contributed by atoms with Crippen molar-refractivity contribution < 1.29 is 13.2 Å². The number of nitrogens with one attached hydrogen (secondary N) is 1. The van der Waals surface area contributed by atoms with Crippen molar-refractivity contribution >= 4 is 21.5 Å². The van der Waals surface area contributed by atoms with E-state index in [0.717, 1.165) is 37.9 Å². The smallest absolute Gasteiger partial charge is 0.193 e. The Morgan fingerprint density at radius 2 is 1.84 bits per heavy atom. The Morgan fingerprint density at radius 1 is 1.20 bits per heavy atom. The molecule has 1 fully saturated rings. The molecule has 0 aromatic heterocycles. The molecule has 7 nitrogen and oxygen atoms in total. The van der Waals surface area contributed by atoms with E-state index < -0.39 is 9.84 Å². The Morgan fingerprint density at radius 3 is 2.36 bits per heavy atom. The SMILES string of the molecule is CN=C(NCCCS(C)(=O)=O)N1CCN(c2ccc(OC)cc2)CC1. The molecule has 1 heterocycles. The molecule has 0 bridgehead atoms. The maximum atomic E-state index is 11.2. The molecule has 1 N–H and O–H groups in total. The highest BCUT2D eigenvalue weighted by Crippen LogP contribution is 2.20. The summed E-state index contributed by atoms with van der Waals surface area (Å²) in [4.78, 5) is 8.86. The van der Waals surface area contributed by atoms with Crippen molar-refractivity contribution in [3.05, 3.63) is 24.3 Å². The lowest BCUT2D eigenvalue weighted by atomic mass is 10.2. The minimum absolute atomic E-state index is 0.197. The van der Waals surface area contributed by atoms with Crippen LogP contribution in [0.5, 0.6) is 5.75 Å². The van der Waals surface area contributed by atoms with Gasteiger partial charge in [-0.05, 0) is 30.7 Å². The first-order valence-electron chi connectivity index (χ1n) is 8.45. The van der Waals surface area contributed by atoms with Gasteiger partial charge in [-0.1, -0.05) is 0 Å². The summed E-state index contributed by atoms with van der Waals surface area (Å²) in [5.41, 5.74) is 1.19. The zero-order valence-corrected chi connectivity index (χ0v) is 16.1. The topological polar surface area (TPSA) is 74.2 Å². The minimum Gasteiger partial charge on any atom is -0.497 e. The molecular weight excluding hydrogens is 340 g/mol. The number of ether oxygens (including phenoxy) is 1. The zero-order valence-electron chi connectivity index (χ0n) is 15.2. The maximum absolute atomic E-state index is 11.2. The van der Waals surface area contributed by atoms with Crippen LogP contribution in [0.3, 0.4) is 0 Å². The van der Waals surface area contributed by atoms with Crippen molar-refractivity contribution in [3.63, 3.8) is 0 Å². The molecule has 0 aliphatic carbocycles. The fraction of sp³-hybridized carbons (Fsp3) is 0.588. The average molecular weight is 369 g/mol. The van der Waals surface area contributed by atoms with Crippen molar-refractivity contribution in [2.24, 2.45) is 4.99 Å². The highest BCUT2D eigenvalue weighted by molar-refractivity contribution is 7.90. The van der Waals surface area contributed by atoms with Crippen LogP contribution in [0.2, 0.25) is 0 Å². The fourth-order valence-corrected chi connectivity index (χ4v) is 3.51. The molecule has 0 unspecified atom stereocenters. The van der Waals surface area contributed by atoms with Gasteiger partial charge in [0.1, 0.15) is 15.6 Å². The largest absolute Gasteiger partial charge is 0.497 e. The fourth-order valence-electron chi connectivity index (χ4n) is 2.84. The summed E-state index contributed by atoms with van der Waals surface area (Å²) < 4.78 is 27.6. The van der Waals surface area contributed by atoms with Gasteiger partial charge in [0, 0.05) is 51.7 Å². The van der Waals surface area contributed by atoms with Gasteiger partial charge in [-0.2, -0.15) is 0 Å². The van der Waals surface area contributed by atoms with Crippen LogP contribution in [-0.2, 0) is 9.84 Å². The van der Waals surface area contributed by atoms with Crippen LogP contribution in [0.25, 0.3) is 0 Å². The first-order valence-corrected chi connectivity index (χ1v) is 10.5. The number of hydrogen-bond acceptors (Lipinski definition) is 5. The van der Waals surface area contributed by atoms with E-state index in [1.54, 1.807) is 14.2 Å². The molecule has 1 saturated heterocycles. The lowest BCUT2D eigenvalue weighted by Gasteiger charge is -2.37. The maximum Gasteiger partial charge on any atom is 0.193 e. The van der Waals surface area contributed by atoms with Crippen LogP contribution in [-0.4, -0.2) is 78.2 Å². The van der Waals surface area contributed by atoms with E-state index in [2.05, 4.69) is 32.2 Å². The van der Waals surface area contributed by atoms with Crippen molar-refractivity contribution in [1.29, 1.82) is 0 Å². The second-order valence-corrected chi connectivity index (χ2v) is 8.39. The lowest BCUT2D eigenvalue weighted by Crippen LogP contribution is -2.52. The predicted octanol–water partition coefficient (Wildman–Crippen LogP) is 0.827.